The predicted molar refractivity (Wildman–Crippen MR) is 75.5 cm³/mol. The van der Waals surface area contributed by atoms with E-state index in [2.05, 4.69) is 11.4 Å². The maximum atomic E-state index is 12.3. The number of aryl methyl sites for hydroxylation is 2. The number of amides is 1. The van der Waals surface area contributed by atoms with Gasteiger partial charge in [0.05, 0.1) is 13.2 Å². The van der Waals surface area contributed by atoms with Crippen molar-refractivity contribution in [2.75, 3.05) is 31.6 Å². The van der Waals surface area contributed by atoms with Gasteiger partial charge in [-0.1, -0.05) is 12.1 Å². The SMILES string of the molecule is Cc1ccc(C)c(NC(=O)[C@@H](C)[NH+]2CCOCC2)c1. The van der Waals surface area contributed by atoms with Crippen molar-refractivity contribution in [3.05, 3.63) is 29.3 Å². The largest absolute Gasteiger partial charge is 0.370 e. The molecule has 2 rings (SSSR count). The summed E-state index contributed by atoms with van der Waals surface area (Å²) in [5.41, 5.74) is 3.18. The fraction of sp³-hybridized carbons (Fsp3) is 0.533. The van der Waals surface area contributed by atoms with E-state index in [0.29, 0.717) is 0 Å². The summed E-state index contributed by atoms with van der Waals surface area (Å²) < 4.78 is 5.33. The minimum Gasteiger partial charge on any atom is -0.370 e. The van der Waals surface area contributed by atoms with Crippen LogP contribution < -0.4 is 10.2 Å². The molecule has 0 aliphatic carbocycles. The number of quaternary nitrogens is 1. The number of ether oxygens (including phenoxy) is 1. The number of anilines is 1. The van der Waals surface area contributed by atoms with Gasteiger partial charge in [0.1, 0.15) is 13.1 Å². The van der Waals surface area contributed by atoms with Gasteiger partial charge in [0.15, 0.2) is 6.04 Å². The lowest BCUT2D eigenvalue weighted by Gasteiger charge is -2.28. The number of benzene rings is 1. The Bertz CT molecular complexity index is 453. The van der Waals surface area contributed by atoms with Gasteiger partial charge in [-0.2, -0.15) is 0 Å². The highest BCUT2D eigenvalue weighted by Crippen LogP contribution is 2.16. The Labute approximate surface area is 114 Å². The van der Waals surface area contributed by atoms with E-state index in [9.17, 15) is 4.79 Å². The van der Waals surface area contributed by atoms with Gasteiger partial charge in [-0.15, -0.1) is 0 Å². The lowest BCUT2D eigenvalue weighted by Crippen LogP contribution is -3.18. The first kappa shape index (κ1) is 14.0. The Morgan fingerprint density at radius 3 is 2.68 bits per heavy atom. The number of hydrogen-bond acceptors (Lipinski definition) is 2. The van der Waals surface area contributed by atoms with Crippen LogP contribution in [0.15, 0.2) is 18.2 Å². The van der Waals surface area contributed by atoms with Gasteiger partial charge in [0, 0.05) is 5.69 Å². The molecule has 4 nitrogen and oxygen atoms in total. The summed E-state index contributed by atoms with van der Waals surface area (Å²) in [5.74, 6) is 0.0885. The van der Waals surface area contributed by atoms with E-state index in [1.807, 2.05) is 32.9 Å². The molecular weight excluding hydrogens is 240 g/mol. The Balaban J connectivity index is 2.01. The zero-order valence-electron chi connectivity index (χ0n) is 12.0. The predicted octanol–water partition coefficient (Wildman–Crippen LogP) is 0.546. The minimum absolute atomic E-state index is 0.0381. The summed E-state index contributed by atoms with van der Waals surface area (Å²) in [6.45, 7) is 9.34. The highest BCUT2D eigenvalue weighted by molar-refractivity contribution is 5.94. The zero-order valence-corrected chi connectivity index (χ0v) is 12.0. The van der Waals surface area contributed by atoms with Crippen LogP contribution in [0.2, 0.25) is 0 Å². The maximum Gasteiger partial charge on any atom is 0.282 e. The molecule has 1 aromatic carbocycles. The molecule has 4 heteroatoms. The van der Waals surface area contributed by atoms with Crippen LogP contribution in [0.3, 0.4) is 0 Å². The molecule has 1 aliphatic heterocycles. The van der Waals surface area contributed by atoms with Crippen LogP contribution in [-0.4, -0.2) is 38.3 Å². The van der Waals surface area contributed by atoms with Crippen LogP contribution in [0.25, 0.3) is 0 Å². The molecule has 1 saturated heterocycles. The number of nitrogens with one attached hydrogen (secondary N) is 2. The molecule has 1 aromatic rings. The van der Waals surface area contributed by atoms with Gasteiger partial charge in [-0.05, 0) is 38.0 Å². The Hall–Kier alpha value is -1.39. The molecule has 2 N–H and O–H groups in total. The van der Waals surface area contributed by atoms with Crippen LogP contribution in [0.4, 0.5) is 5.69 Å². The average Bonchev–Trinajstić information content (AvgIpc) is 2.43. The highest BCUT2D eigenvalue weighted by Gasteiger charge is 2.27. The first-order valence-electron chi connectivity index (χ1n) is 6.88. The maximum absolute atomic E-state index is 12.3. The smallest absolute Gasteiger partial charge is 0.282 e. The van der Waals surface area contributed by atoms with Crippen LogP contribution in [0.1, 0.15) is 18.1 Å². The van der Waals surface area contributed by atoms with Gasteiger partial charge in [-0.25, -0.2) is 0 Å². The van der Waals surface area contributed by atoms with E-state index in [0.717, 1.165) is 43.1 Å². The van der Waals surface area contributed by atoms with Crippen molar-refractivity contribution in [2.24, 2.45) is 0 Å². The second-order valence-electron chi connectivity index (χ2n) is 5.30. The Morgan fingerprint density at radius 1 is 1.32 bits per heavy atom. The van der Waals surface area contributed by atoms with Crippen molar-refractivity contribution >= 4 is 11.6 Å². The summed E-state index contributed by atoms with van der Waals surface area (Å²) in [4.78, 5) is 13.6. The van der Waals surface area contributed by atoms with Crippen LogP contribution >= 0.6 is 0 Å². The van der Waals surface area contributed by atoms with Crippen molar-refractivity contribution in [3.8, 4) is 0 Å². The topological polar surface area (TPSA) is 42.8 Å². The van der Waals surface area contributed by atoms with Gasteiger partial charge < -0.3 is 15.0 Å². The van der Waals surface area contributed by atoms with E-state index in [1.165, 1.54) is 4.90 Å². The molecule has 0 bridgehead atoms. The molecule has 0 unspecified atom stereocenters. The first-order valence-corrected chi connectivity index (χ1v) is 6.88. The molecule has 0 saturated carbocycles. The third kappa shape index (κ3) is 3.55. The molecule has 104 valence electrons. The second kappa shape index (κ2) is 6.17. The van der Waals surface area contributed by atoms with E-state index >= 15 is 0 Å². The summed E-state index contributed by atoms with van der Waals surface area (Å²) >= 11 is 0. The van der Waals surface area contributed by atoms with E-state index < -0.39 is 0 Å². The molecule has 1 atom stereocenters. The van der Waals surface area contributed by atoms with Gasteiger partial charge in [0.2, 0.25) is 0 Å². The highest BCUT2D eigenvalue weighted by atomic mass is 16.5. The van der Waals surface area contributed by atoms with E-state index in [1.54, 1.807) is 0 Å². The van der Waals surface area contributed by atoms with E-state index in [4.69, 9.17) is 4.74 Å². The molecule has 0 aromatic heterocycles. The number of morpholine rings is 1. The molecule has 1 amide bonds. The van der Waals surface area contributed by atoms with Crippen molar-refractivity contribution < 1.29 is 14.4 Å². The summed E-state index contributed by atoms with van der Waals surface area (Å²) in [6.07, 6.45) is 0. The Kier molecular flexibility index (Phi) is 4.56. The van der Waals surface area contributed by atoms with Gasteiger partial charge >= 0.3 is 0 Å². The molecule has 0 radical (unpaired) electrons. The molecular formula is C15H23N2O2+. The summed E-state index contributed by atoms with van der Waals surface area (Å²) in [6, 6.07) is 6.08. The normalized spacial score (nSPS) is 18.1. The molecule has 1 fully saturated rings. The van der Waals surface area contributed by atoms with Crippen molar-refractivity contribution in [3.63, 3.8) is 0 Å². The van der Waals surface area contributed by atoms with Crippen LogP contribution in [0, 0.1) is 13.8 Å². The van der Waals surface area contributed by atoms with Crippen molar-refractivity contribution in [2.45, 2.75) is 26.8 Å². The summed E-state index contributed by atoms with van der Waals surface area (Å²) in [7, 11) is 0. The standard InChI is InChI=1S/C15H22N2O2/c1-11-4-5-12(2)14(10-11)16-15(18)13(3)17-6-8-19-9-7-17/h4-5,10,13H,6-9H2,1-3H3,(H,16,18)/p+1/t13-/m1/s1. The van der Waals surface area contributed by atoms with Gasteiger partial charge in [0.25, 0.3) is 5.91 Å². The quantitative estimate of drug-likeness (QED) is 0.836. The fourth-order valence-electron chi connectivity index (χ4n) is 2.36. The molecule has 1 heterocycles. The van der Waals surface area contributed by atoms with Crippen molar-refractivity contribution in [1.82, 2.24) is 0 Å². The number of hydrogen-bond donors (Lipinski definition) is 2. The lowest BCUT2D eigenvalue weighted by atomic mass is 10.1. The summed E-state index contributed by atoms with van der Waals surface area (Å²) in [5, 5.41) is 3.05. The molecule has 1 aliphatic rings. The lowest BCUT2D eigenvalue weighted by molar-refractivity contribution is -0.921. The van der Waals surface area contributed by atoms with E-state index in [-0.39, 0.29) is 11.9 Å². The first-order chi connectivity index (χ1) is 9.08. The monoisotopic (exact) mass is 263 g/mol. The number of carbonyl (C=O) groups excluding carboxylic acids is 1. The average molecular weight is 263 g/mol. The van der Waals surface area contributed by atoms with Gasteiger partial charge in [-0.3, -0.25) is 4.79 Å². The van der Waals surface area contributed by atoms with Crippen LogP contribution in [-0.2, 0) is 9.53 Å². The minimum atomic E-state index is -0.0381. The molecule has 0 spiro atoms. The van der Waals surface area contributed by atoms with Crippen LogP contribution in [0.5, 0.6) is 0 Å². The Morgan fingerprint density at radius 2 is 2.00 bits per heavy atom. The van der Waals surface area contributed by atoms with Crippen molar-refractivity contribution in [1.29, 1.82) is 0 Å². The number of carbonyl (C=O) groups is 1. The second-order valence-corrected chi connectivity index (χ2v) is 5.30. The zero-order chi connectivity index (χ0) is 13.8. The third-order valence-corrected chi connectivity index (χ3v) is 3.79. The number of rotatable bonds is 3. The third-order valence-electron chi connectivity index (χ3n) is 3.79. The fourth-order valence-corrected chi connectivity index (χ4v) is 2.36. The molecule has 19 heavy (non-hydrogen) atoms.